The van der Waals surface area contributed by atoms with Gasteiger partial charge in [0.2, 0.25) is 0 Å². The van der Waals surface area contributed by atoms with Crippen molar-refractivity contribution in [2.75, 3.05) is 6.54 Å². The van der Waals surface area contributed by atoms with E-state index in [1.54, 1.807) is 6.92 Å². The van der Waals surface area contributed by atoms with Crippen LogP contribution in [0.25, 0.3) is 10.9 Å². The van der Waals surface area contributed by atoms with E-state index in [4.69, 9.17) is 0 Å². The van der Waals surface area contributed by atoms with Crippen LogP contribution < -0.4 is 5.32 Å². The second kappa shape index (κ2) is 6.97. The van der Waals surface area contributed by atoms with Gasteiger partial charge in [-0.1, -0.05) is 12.1 Å². The maximum Gasteiger partial charge on any atom is 0.253 e. The Bertz CT molecular complexity index is 934. The van der Waals surface area contributed by atoms with Crippen molar-refractivity contribution in [1.29, 1.82) is 0 Å². The number of hydrogen-bond acceptors (Lipinski definition) is 2. The summed E-state index contributed by atoms with van der Waals surface area (Å²) in [5, 5.41) is 3.68. The molecule has 3 aromatic rings. The van der Waals surface area contributed by atoms with Gasteiger partial charge in [0, 0.05) is 18.0 Å². The third kappa shape index (κ3) is 3.99. The average molecular weight is 340 g/mol. The summed E-state index contributed by atoms with van der Waals surface area (Å²) in [7, 11) is 0. The Kier molecular flexibility index (Phi) is 4.74. The molecule has 1 amide bonds. The molecule has 0 fully saturated rings. The molecule has 1 N–H and O–H groups in total. The molecule has 128 valence electrons. The van der Waals surface area contributed by atoms with Crippen molar-refractivity contribution in [3.63, 3.8) is 0 Å². The molecule has 5 heteroatoms. The minimum Gasteiger partial charge on any atom is -0.352 e. The number of rotatable bonds is 4. The van der Waals surface area contributed by atoms with E-state index in [0.29, 0.717) is 23.2 Å². The molecule has 0 atom stereocenters. The van der Waals surface area contributed by atoms with E-state index in [0.717, 1.165) is 22.5 Å². The van der Waals surface area contributed by atoms with Gasteiger partial charge in [-0.05, 0) is 55.7 Å². The second-order valence-electron chi connectivity index (χ2n) is 6.10. The van der Waals surface area contributed by atoms with Crippen molar-refractivity contribution < 1.29 is 13.6 Å². The Morgan fingerprint density at radius 3 is 2.48 bits per heavy atom. The number of nitrogens with one attached hydrogen (secondary N) is 1. The van der Waals surface area contributed by atoms with Gasteiger partial charge in [0.1, 0.15) is 11.6 Å². The summed E-state index contributed by atoms with van der Waals surface area (Å²) in [4.78, 5) is 16.9. The predicted molar refractivity (Wildman–Crippen MR) is 93.6 cm³/mol. The van der Waals surface area contributed by atoms with Crippen LogP contribution in [0.4, 0.5) is 8.78 Å². The van der Waals surface area contributed by atoms with E-state index in [1.807, 2.05) is 31.2 Å². The minimum atomic E-state index is -0.619. The van der Waals surface area contributed by atoms with Gasteiger partial charge in [0.15, 0.2) is 0 Å². The molecule has 0 aliphatic carbocycles. The highest BCUT2D eigenvalue weighted by Gasteiger charge is 2.11. The van der Waals surface area contributed by atoms with Crippen LogP contribution in [0.3, 0.4) is 0 Å². The molecule has 0 spiro atoms. The summed E-state index contributed by atoms with van der Waals surface area (Å²) in [5.74, 6) is -1.48. The first-order valence-electron chi connectivity index (χ1n) is 8.03. The van der Waals surface area contributed by atoms with Crippen molar-refractivity contribution in [2.24, 2.45) is 0 Å². The van der Waals surface area contributed by atoms with Gasteiger partial charge >= 0.3 is 0 Å². The van der Waals surface area contributed by atoms with Crippen LogP contribution in [0, 0.1) is 25.5 Å². The number of aryl methyl sites for hydroxylation is 2. The maximum absolute atomic E-state index is 13.2. The first kappa shape index (κ1) is 17.0. The summed E-state index contributed by atoms with van der Waals surface area (Å²) >= 11 is 0. The molecule has 1 heterocycles. The molecule has 3 rings (SSSR count). The van der Waals surface area contributed by atoms with Crippen molar-refractivity contribution >= 4 is 16.8 Å². The van der Waals surface area contributed by atoms with E-state index < -0.39 is 11.6 Å². The molecule has 0 aliphatic rings. The smallest absolute Gasteiger partial charge is 0.253 e. The second-order valence-corrected chi connectivity index (χ2v) is 6.10. The number of carbonyl (C=O) groups is 1. The van der Waals surface area contributed by atoms with Crippen LogP contribution in [0.1, 0.15) is 27.2 Å². The minimum absolute atomic E-state index is 0.246. The lowest BCUT2D eigenvalue weighted by atomic mass is 10.1. The van der Waals surface area contributed by atoms with Crippen LogP contribution >= 0.6 is 0 Å². The van der Waals surface area contributed by atoms with Crippen molar-refractivity contribution in [3.05, 3.63) is 76.5 Å². The quantitative estimate of drug-likeness (QED) is 0.777. The molecule has 0 unspecified atom stereocenters. The highest BCUT2D eigenvalue weighted by Crippen LogP contribution is 2.18. The van der Waals surface area contributed by atoms with E-state index in [9.17, 15) is 13.6 Å². The predicted octanol–water partition coefficient (Wildman–Crippen LogP) is 4.10. The van der Waals surface area contributed by atoms with Gasteiger partial charge < -0.3 is 5.32 Å². The molecule has 0 saturated heterocycles. The van der Waals surface area contributed by atoms with Crippen LogP contribution in [0.15, 0.2) is 42.5 Å². The van der Waals surface area contributed by atoms with Gasteiger partial charge in [-0.15, -0.1) is 0 Å². The largest absolute Gasteiger partial charge is 0.352 e. The zero-order valence-corrected chi connectivity index (χ0v) is 14.1. The Hall–Kier alpha value is -2.82. The van der Waals surface area contributed by atoms with Gasteiger partial charge in [-0.2, -0.15) is 0 Å². The monoisotopic (exact) mass is 340 g/mol. The van der Waals surface area contributed by atoms with Gasteiger partial charge in [-0.3, -0.25) is 9.78 Å². The van der Waals surface area contributed by atoms with Crippen LogP contribution in [0.2, 0.25) is 0 Å². The average Bonchev–Trinajstić information content (AvgIpc) is 2.53. The van der Waals surface area contributed by atoms with E-state index in [2.05, 4.69) is 10.3 Å². The summed E-state index contributed by atoms with van der Waals surface area (Å²) in [6.45, 7) is 4.07. The Morgan fingerprint density at radius 2 is 1.76 bits per heavy atom. The number of carbonyl (C=O) groups excluding carboxylic acids is 1. The van der Waals surface area contributed by atoms with Crippen LogP contribution in [-0.4, -0.2) is 17.4 Å². The van der Waals surface area contributed by atoms with Gasteiger partial charge in [-0.25, -0.2) is 8.78 Å². The molecule has 25 heavy (non-hydrogen) atoms. The Morgan fingerprint density at radius 1 is 1.04 bits per heavy atom. The summed E-state index contributed by atoms with van der Waals surface area (Å²) < 4.78 is 26.3. The molecule has 3 nitrogen and oxygen atoms in total. The highest BCUT2D eigenvalue weighted by molar-refractivity contribution is 5.98. The number of fused-ring (bicyclic) bond motifs is 1. The molecule has 0 bridgehead atoms. The number of amides is 1. The number of benzene rings is 2. The lowest BCUT2D eigenvalue weighted by Crippen LogP contribution is -2.26. The zero-order chi connectivity index (χ0) is 18.0. The summed E-state index contributed by atoms with van der Waals surface area (Å²) in [6.07, 6.45) is 0.347. The molecule has 0 aliphatic heterocycles. The third-order valence-corrected chi connectivity index (χ3v) is 4.03. The summed E-state index contributed by atoms with van der Waals surface area (Å²) in [5.41, 5.74) is 3.61. The number of nitrogens with zero attached hydrogens (tertiary/aromatic N) is 1. The molecular weight excluding hydrogens is 322 g/mol. The standard InChI is InChI=1S/C20H18F2N2O/c1-12-3-4-15-10-18(13(2)24-19(15)7-12)20(25)23-6-5-14-8-16(21)11-17(22)9-14/h3-4,7-11H,5-6H2,1-2H3,(H,23,25). The van der Waals surface area contributed by atoms with Crippen molar-refractivity contribution in [1.82, 2.24) is 10.3 Å². The number of halogens is 2. The number of pyridine rings is 1. The van der Waals surface area contributed by atoms with Gasteiger partial charge in [0.05, 0.1) is 16.8 Å². The van der Waals surface area contributed by atoms with Crippen LogP contribution in [0.5, 0.6) is 0 Å². The van der Waals surface area contributed by atoms with Gasteiger partial charge in [0.25, 0.3) is 5.91 Å². The van der Waals surface area contributed by atoms with Crippen molar-refractivity contribution in [2.45, 2.75) is 20.3 Å². The lowest BCUT2D eigenvalue weighted by Gasteiger charge is -2.09. The Labute approximate surface area is 144 Å². The maximum atomic E-state index is 13.2. The fraction of sp³-hybridized carbons (Fsp3) is 0.200. The number of hydrogen-bond donors (Lipinski definition) is 1. The third-order valence-electron chi connectivity index (χ3n) is 4.03. The molecule has 2 aromatic carbocycles. The molecular formula is C20H18F2N2O. The lowest BCUT2D eigenvalue weighted by molar-refractivity contribution is 0.0953. The molecule has 0 radical (unpaired) electrons. The van der Waals surface area contributed by atoms with Crippen molar-refractivity contribution in [3.8, 4) is 0 Å². The zero-order valence-electron chi connectivity index (χ0n) is 14.1. The summed E-state index contributed by atoms with van der Waals surface area (Å²) in [6, 6.07) is 11.1. The topological polar surface area (TPSA) is 42.0 Å². The fourth-order valence-electron chi connectivity index (χ4n) is 2.77. The molecule has 1 aromatic heterocycles. The highest BCUT2D eigenvalue weighted by atomic mass is 19.1. The first-order valence-corrected chi connectivity index (χ1v) is 8.03. The van der Waals surface area contributed by atoms with E-state index in [-0.39, 0.29) is 12.5 Å². The Balaban J connectivity index is 1.71. The first-order chi connectivity index (χ1) is 11.9. The number of aromatic nitrogens is 1. The fourth-order valence-corrected chi connectivity index (χ4v) is 2.77. The molecule has 0 saturated carbocycles. The van der Waals surface area contributed by atoms with Crippen LogP contribution in [-0.2, 0) is 6.42 Å². The van der Waals surface area contributed by atoms with E-state index in [1.165, 1.54) is 12.1 Å². The normalized spacial score (nSPS) is 10.9. The van der Waals surface area contributed by atoms with E-state index >= 15 is 0 Å². The SMILES string of the molecule is Cc1ccc2cc(C(=O)NCCc3cc(F)cc(F)c3)c(C)nc2c1.